The molecule has 1 aliphatic carbocycles. The number of fused-ring (bicyclic) bond motifs is 1. The zero-order valence-electron chi connectivity index (χ0n) is 20.2. The van der Waals surface area contributed by atoms with Crippen LogP contribution in [0, 0.1) is 5.92 Å². The summed E-state index contributed by atoms with van der Waals surface area (Å²) < 4.78 is 6.10. The van der Waals surface area contributed by atoms with Crippen LogP contribution in [0.2, 0.25) is 0 Å². The molecule has 2 heterocycles. The molecule has 182 valence electrons. The lowest BCUT2D eigenvalue weighted by Crippen LogP contribution is -2.41. The number of carbonyl (C=O) groups excluding carboxylic acids is 2. The fourth-order valence-electron chi connectivity index (χ4n) is 4.53. The van der Waals surface area contributed by atoms with E-state index in [-0.39, 0.29) is 17.9 Å². The Morgan fingerprint density at radius 1 is 1.17 bits per heavy atom. The SMILES string of the molecule is CC(C)CC(=O)N1CCc2ccc(OCc3nc(C(=O)NC4CC4)cs3)cc2C1c1ccccc1. The second-order valence-electron chi connectivity index (χ2n) is 9.77. The molecule has 1 N–H and O–H groups in total. The van der Waals surface area contributed by atoms with Gasteiger partial charge >= 0.3 is 0 Å². The van der Waals surface area contributed by atoms with E-state index in [0.717, 1.165) is 41.1 Å². The van der Waals surface area contributed by atoms with Gasteiger partial charge in [-0.3, -0.25) is 9.59 Å². The second-order valence-corrected chi connectivity index (χ2v) is 10.7. The number of hydrogen-bond donors (Lipinski definition) is 1. The van der Waals surface area contributed by atoms with Crippen molar-refractivity contribution in [2.75, 3.05) is 6.54 Å². The van der Waals surface area contributed by atoms with Gasteiger partial charge in [0.15, 0.2) is 0 Å². The molecule has 2 aromatic carbocycles. The molecular formula is C28H31N3O3S. The van der Waals surface area contributed by atoms with Crippen molar-refractivity contribution in [2.45, 2.75) is 58.2 Å². The topological polar surface area (TPSA) is 71.5 Å². The van der Waals surface area contributed by atoms with Crippen molar-refractivity contribution in [3.8, 4) is 5.75 Å². The van der Waals surface area contributed by atoms with Gasteiger partial charge in [0, 0.05) is 24.4 Å². The van der Waals surface area contributed by atoms with Crippen molar-refractivity contribution < 1.29 is 14.3 Å². The fourth-order valence-corrected chi connectivity index (χ4v) is 5.21. The molecule has 0 saturated heterocycles. The van der Waals surface area contributed by atoms with Gasteiger partial charge in [-0.15, -0.1) is 11.3 Å². The van der Waals surface area contributed by atoms with Gasteiger partial charge in [0.2, 0.25) is 5.91 Å². The lowest BCUT2D eigenvalue weighted by Gasteiger charge is -2.38. The van der Waals surface area contributed by atoms with E-state index in [9.17, 15) is 9.59 Å². The molecule has 35 heavy (non-hydrogen) atoms. The van der Waals surface area contributed by atoms with Crippen LogP contribution >= 0.6 is 11.3 Å². The number of carbonyl (C=O) groups is 2. The Hall–Kier alpha value is -3.19. The van der Waals surface area contributed by atoms with E-state index < -0.39 is 0 Å². The van der Waals surface area contributed by atoms with Crippen molar-refractivity contribution in [1.29, 1.82) is 0 Å². The van der Waals surface area contributed by atoms with Crippen LogP contribution in [0.5, 0.6) is 5.75 Å². The summed E-state index contributed by atoms with van der Waals surface area (Å²) in [5, 5.41) is 5.51. The van der Waals surface area contributed by atoms with Gasteiger partial charge in [0.05, 0.1) is 6.04 Å². The first-order valence-corrected chi connectivity index (χ1v) is 13.2. The van der Waals surface area contributed by atoms with Crippen LogP contribution in [0.1, 0.15) is 71.3 Å². The van der Waals surface area contributed by atoms with Crippen LogP contribution in [0.25, 0.3) is 0 Å². The quantitative estimate of drug-likeness (QED) is 0.476. The number of amides is 2. The average Bonchev–Trinajstić information content (AvgIpc) is 3.54. The first-order valence-electron chi connectivity index (χ1n) is 12.3. The highest BCUT2D eigenvalue weighted by atomic mass is 32.1. The standard InChI is InChI=1S/C28H31N3O3S/c1-18(2)14-26(32)31-13-12-19-8-11-22(15-23(19)27(31)20-6-4-3-5-7-20)34-16-25-30-24(17-35-25)28(33)29-21-9-10-21/h3-8,11,15,17-18,21,27H,9-10,12-14,16H2,1-2H3,(H,29,33). The van der Waals surface area contributed by atoms with Crippen molar-refractivity contribution in [3.05, 3.63) is 81.3 Å². The Morgan fingerprint density at radius 2 is 1.97 bits per heavy atom. The zero-order valence-corrected chi connectivity index (χ0v) is 21.0. The van der Waals surface area contributed by atoms with E-state index in [1.54, 1.807) is 5.38 Å². The number of rotatable bonds is 8. The maximum Gasteiger partial charge on any atom is 0.270 e. The van der Waals surface area contributed by atoms with Crippen molar-refractivity contribution in [1.82, 2.24) is 15.2 Å². The van der Waals surface area contributed by atoms with Gasteiger partial charge in [-0.25, -0.2) is 4.98 Å². The summed E-state index contributed by atoms with van der Waals surface area (Å²) >= 11 is 1.43. The number of benzene rings is 2. The third kappa shape index (κ3) is 5.56. The molecule has 1 saturated carbocycles. The molecule has 2 amide bonds. The maximum absolute atomic E-state index is 13.2. The number of thiazole rings is 1. The smallest absolute Gasteiger partial charge is 0.270 e. The molecule has 7 heteroatoms. The van der Waals surface area contributed by atoms with Crippen molar-refractivity contribution >= 4 is 23.2 Å². The van der Waals surface area contributed by atoms with Crippen molar-refractivity contribution in [3.63, 3.8) is 0 Å². The molecule has 5 rings (SSSR count). The van der Waals surface area contributed by atoms with Gasteiger partial charge in [0.1, 0.15) is 23.1 Å². The van der Waals surface area contributed by atoms with E-state index in [0.29, 0.717) is 37.2 Å². The molecule has 6 nitrogen and oxygen atoms in total. The van der Waals surface area contributed by atoms with E-state index in [2.05, 4.69) is 48.4 Å². The Morgan fingerprint density at radius 3 is 2.71 bits per heavy atom. The predicted molar refractivity (Wildman–Crippen MR) is 137 cm³/mol. The van der Waals surface area contributed by atoms with Gasteiger partial charge in [0.25, 0.3) is 5.91 Å². The van der Waals surface area contributed by atoms with Crippen LogP contribution < -0.4 is 10.1 Å². The number of nitrogens with one attached hydrogen (secondary N) is 1. The molecule has 1 unspecified atom stereocenters. The highest BCUT2D eigenvalue weighted by molar-refractivity contribution is 7.09. The second kappa shape index (κ2) is 10.2. The Labute approximate surface area is 210 Å². The molecule has 2 aliphatic rings. The van der Waals surface area contributed by atoms with Crippen LogP contribution in [-0.4, -0.2) is 34.3 Å². The predicted octanol–water partition coefficient (Wildman–Crippen LogP) is 5.13. The minimum Gasteiger partial charge on any atom is -0.486 e. The minimum atomic E-state index is -0.132. The highest BCUT2D eigenvalue weighted by Gasteiger charge is 2.32. The van der Waals surface area contributed by atoms with Crippen LogP contribution in [-0.2, 0) is 17.8 Å². The van der Waals surface area contributed by atoms with Gasteiger partial charge in [-0.05, 0) is 54.0 Å². The molecule has 3 aromatic rings. The highest BCUT2D eigenvalue weighted by Crippen LogP contribution is 2.38. The first-order chi connectivity index (χ1) is 17.0. The normalized spacial score (nSPS) is 17.2. The number of ether oxygens (including phenoxy) is 1. The molecule has 1 aromatic heterocycles. The summed E-state index contributed by atoms with van der Waals surface area (Å²) in [4.78, 5) is 31.9. The molecule has 1 aliphatic heterocycles. The monoisotopic (exact) mass is 489 g/mol. The molecule has 0 radical (unpaired) electrons. The fraction of sp³-hybridized carbons (Fsp3) is 0.393. The lowest BCUT2D eigenvalue weighted by molar-refractivity contribution is -0.134. The Balaban J connectivity index is 1.35. The van der Waals surface area contributed by atoms with E-state index in [4.69, 9.17) is 4.74 Å². The molecule has 0 bridgehead atoms. The lowest BCUT2D eigenvalue weighted by atomic mass is 9.87. The van der Waals surface area contributed by atoms with Crippen molar-refractivity contribution in [2.24, 2.45) is 5.92 Å². The van der Waals surface area contributed by atoms with Crippen LogP contribution in [0.4, 0.5) is 0 Å². The summed E-state index contributed by atoms with van der Waals surface area (Å²) in [5.74, 6) is 1.12. The summed E-state index contributed by atoms with van der Waals surface area (Å²) in [6.45, 7) is 5.17. The first kappa shape index (κ1) is 23.5. The zero-order chi connectivity index (χ0) is 24.4. The van der Waals surface area contributed by atoms with Gasteiger partial charge < -0.3 is 15.0 Å². The summed E-state index contributed by atoms with van der Waals surface area (Å²) in [5.41, 5.74) is 3.91. The summed E-state index contributed by atoms with van der Waals surface area (Å²) in [6.07, 6.45) is 3.47. The molecule has 1 atom stereocenters. The number of nitrogens with zero attached hydrogens (tertiary/aromatic N) is 2. The Bertz CT molecular complexity index is 1200. The van der Waals surface area contributed by atoms with E-state index in [1.165, 1.54) is 16.9 Å². The third-order valence-corrected chi connectivity index (χ3v) is 7.25. The van der Waals surface area contributed by atoms with Crippen LogP contribution in [0.15, 0.2) is 53.9 Å². The Kier molecular flexibility index (Phi) is 6.86. The maximum atomic E-state index is 13.2. The average molecular weight is 490 g/mol. The summed E-state index contributed by atoms with van der Waals surface area (Å²) in [6, 6.07) is 16.6. The van der Waals surface area contributed by atoms with E-state index in [1.807, 2.05) is 29.2 Å². The number of aromatic nitrogens is 1. The largest absolute Gasteiger partial charge is 0.486 e. The molecular weight excluding hydrogens is 458 g/mol. The molecule has 1 fully saturated rings. The molecule has 0 spiro atoms. The third-order valence-electron chi connectivity index (χ3n) is 6.42. The van der Waals surface area contributed by atoms with Gasteiger partial charge in [-0.1, -0.05) is 50.2 Å². The number of hydrogen-bond acceptors (Lipinski definition) is 5. The van der Waals surface area contributed by atoms with Gasteiger partial charge in [-0.2, -0.15) is 0 Å². The minimum absolute atomic E-state index is 0.111. The van der Waals surface area contributed by atoms with Crippen LogP contribution in [0.3, 0.4) is 0 Å². The van der Waals surface area contributed by atoms with E-state index >= 15 is 0 Å². The summed E-state index contributed by atoms with van der Waals surface area (Å²) in [7, 11) is 0.